The maximum Gasteiger partial charge on any atom is 0.323 e. The number of hydrogen-bond acceptors (Lipinski definition) is 5. The summed E-state index contributed by atoms with van der Waals surface area (Å²) in [6.07, 6.45) is 5.25. The Labute approximate surface area is 146 Å². The zero-order valence-electron chi connectivity index (χ0n) is 15.9. The SMILES string of the molecule is CC(N)=O.CC=C[C@@H]1C[C@H](C(=O)OC(C)(C)C)N(CC(O)CC)C1. The van der Waals surface area contributed by atoms with Crippen molar-refractivity contribution in [1.82, 2.24) is 4.90 Å². The third-order valence-electron chi connectivity index (χ3n) is 3.50. The highest BCUT2D eigenvalue weighted by Gasteiger charge is 2.38. The Hall–Kier alpha value is -1.40. The second-order valence-corrected chi connectivity index (χ2v) is 7.20. The molecule has 6 nitrogen and oxygen atoms in total. The Balaban J connectivity index is 0.00000118. The Morgan fingerprint density at radius 1 is 1.42 bits per heavy atom. The standard InChI is InChI=1S/C16H29NO3.C2H5NO/c1-6-8-12-9-14(15(19)20-16(3,4)5)17(10-12)11-13(18)7-2;1-2(3)4/h6,8,12-14,18H,7,9-11H2,1-5H3;1H3,(H2,3,4)/t12-,13?,14-;/m1./s1. The molecule has 1 rings (SSSR count). The number of β-amino-alcohol motifs (C(OH)–C–C–N with tert-alkyl or cyclic N) is 1. The number of primary amides is 1. The predicted octanol–water partition coefficient (Wildman–Crippen LogP) is 1.86. The van der Waals surface area contributed by atoms with Gasteiger partial charge in [-0.1, -0.05) is 19.1 Å². The van der Waals surface area contributed by atoms with E-state index in [-0.39, 0.29) is 24.0 Å². The lowest BCUT2D eigenvalue weighted by atomic mass is 10.1. The van der Waals surface area contributed by atoms with Crippen LogP contribution in [0.2, 0.25) is 0 Å². The van der Waals surface area contributed by atoms with Gasteiger partial charge in [0.2, 0.25) is 5.91 Å². The molecule has 0 aromatic heterocycles. The predicted molar refractivity (Wildman–Crippen MR) is 95.3 cm³/mol. The van der Waals surface area contributed by atoms with Crippen molar-refractivity contribution >= 4 is 11.9 Å². The van der Waals surface area contributed by atoms with Crippen molar-refractivity contribution in [3.8, 4) is 0 Å². The number of carbonyl (C=O) groups is 2. The lowest BCUT2D eigenvalue weighted by molar-refractivity contribution is -0.160. The minimum Gasteiger partial charge on any atom is -0.459 e. The molecule has 1 aliphatic rings. The molecule has 3 N–H and O–H groups in total. The number of rotatable bonds is 5. The van der Waals surface area contributed by atoms with Crippen molar-refractivity contribution in [1.29, 1.82) is 0 Å². The summed E-state index contributed by atoms with van der Waals surface area (Å²) in [4.78, 5) is 23.6. The Bertz CT molecular complexity index is 425. The molecule has 1 saturated heterocycles. The molecule has 1 heterocycles. The van der Waals surface area contributed by atoms with Gasteiger partial charge in [0, 0.05) is 20.0 Å². The van der Waals surface area contributed by atoms with Gasteiger partial charge in [0.1, 0.15) is 11.6 Å². The molecule has 1 amide bonds. The maximum absolute atomic E-state index is 12.3. The molecule has 0 aromatic carbocycles. The molecule has 1 aliphatic heterocycles. The fraction of sp³-hybridized carbons (Fsp3) is 0.778. The van der Waals surface area contributed by atoms with Crippen molar-refractivity contribution < 1.29 is 19.4 Å². The van der Waals surface area contributed by atoms with Crippen LogP contribution in [0.4, 0.5) is 0 Å². The molecule has 0 bridgehead atoms. The molecule has 1 unspecified atom stereocenters. The number of aliphatic hydroxyl groups excluding tert-OH is 1. The van der Waals surface area contributed by atoms with E-state index in [9.17, 15) is 14.7 Å². The van der Waals surface area contributed by atoms with E-state index in [1.807, 2.05) is 40.7 Å². The van der Waals surface area contributed by atoms with Crippen molar-refractivity contribution in [2.75, 3.05) is 13.1 Å². The van der Waals surface area contributed by atoms with Gasteiger partial charge in [0.05, 0.1) is 6.10 Å². The number of likely N-dealkylation sites (tertiary alicyclic amines) is 1. The number of hydrogen-bond donors (Lipinski definition) is 2. The smallest absolute Gasteiger partial charge is 0.323 e. The van der Waals surface area contributed by atoms with Crippen molar-refractivity contribution in [2.24, 2.45) is 11.7 Å². The van der Waals surface area contributed by atoms with Gasteiger partial charge >= 0.3 is 5.97 Å². The van der Waals surface area contributed by atoms with Gasteiger partial charge in [-0.3, -0.25) is 14.5 Å². The second kappa shape index (κ2) is 10.5. The lowest BCUT2D eigenvalue weighted by Gasteiger charge is -2.28. The first-order valence-electron chi connectivity index (χ1n) is 8.54. The zero-order valence-corrected chi connectivity index (χ0v) is 15.9. The summed E-state index contributed by atoms with van der Waals surface area (Å²) in [6, 6.07) is -0.239. The van der Waals surface area contributed by atoms with Gasteiger partial charge in [-0.25, -0.2) is 0 Å². The largest absolute Gasteiger partial charge is 0.459 e. The minimum absolute atomic E-state index is 0.173. The van der Waals surface area contributed by atoms with Crippen LogP contribution >= 0.6 is 0 Å². The van der Waals surface area contributed by atoms with Crippen LogP contribution in [0.1, 0.15) is 54.4 Å². The number of ether oxygens (including phenoxy) is 1. The molecule has 1 fully saturated rings. The van der Waals surface area contributed by atoms with E-state index < -0.39 is 5.60 Å². The fourth-order valence-electron chi connectivity index (χ4n) is 2.57. The van der Waals surface area contributed by atoms with Gasteiger partial charge in [-0.15, -0.1) is 0 Å². The molecule has 0 aliphatic carbocycles. The first kappa shape index (κ1) is 22.6. The summed E-state index contributed by atoms with van der Waals surface area (Å²) in [6.45, 7) is 12.2. The van der Waals surface area contributed by atoms with Crippen LogP contribution in [0.3, 0.4) is 0 Å². The average molecular weight is 342 g/mol. The molecule has 140 valence electrons. The third-order valence-corrected chi connectivity index (χ3v) is 3.50. The monoisotopic (exact) mass is 342 g/mol. The molecule has 0 radical (unpaired) electrons. The number of esters is 1. The number of nitrogens with zero attached hydrogens (tertiary/aromatic N) is 1. The summed E-state index contributed by atoms with van der Waals surface area (Å²) in [5, 5.41) is 9.85. The fourth-order valence-corrected chi connectivity index (χ4v) is 2.57. The van der Waals surface area contributed by atoms with Crippen molar-refractivity contribution in [3.05, 3.63) is 12.2 Å². The topological polar surface area (TPSA) is 92.9 Å². The quantitative estimate of drug-likeness (QED) is 0.587. The summed E-state index contributed by atoms with van der Waals surface area (Å²) in [7, 11) is 0. The highest BCUT2D eigenvalue weighted by atomic mass is 16.6. The van der Waals surface area contributed by atoms with Crippen molar-refractivity contribution in [3.63, 3.8) is 0 Å². The highest BCUT2D eigenvalue weighted by Crippen LogP contribution is 2.27. The van der Waals surface area contributed by atoms with Crippen LogP contribution in [0, 0.1) is 5.92 Å². The summed E-state index contributed by atoms with van der Waals surface area (Å²) >= 11 is 0. The van der Waals surface area contributed by atoms with E-state index in [2.05, 4.69) is 16.7 Å². The maximum atomic E-state index is 12.3. The van der Waals surface area contributed by atoms with Crippen LogP contribution in [0.25, 0.3) is 0 Å². The molecule has 0 aromatic rings. The minimum atomic E-state index is -0.467. The van der Waals surface area contributed by atoms with E-state index in [4.69, 9.17) is 4.74 Å². The van der Waals surface area contributed by atoms with E-state index in [1.165, 1.54) is 6.92 Å². The van der Waals surface area contributed by atoms with Crippen LogP contribution < -0.4 is 5.73 Å². The van der Waals surface area contributed by atoms with Crippen LogP contribution in [-0.4, -0.2) is 52.7 Å². The van der Waals surface area contributed by atoms with Crippen LogP contribution in [0.15, 0.2) is 12.2 Å². The van der Waals surface area contributed by atoms with Crippen LogP contribution in [0.5, 0.6) is 0 Å². The molecular formula is C18H34N2O4. The number of allylic oxidation sites excluding steroid dienone is 1. The highest BCUT2D eigenvalue weighted by molar-refractivity contribution is 5.76. The first-order chi connectivity index (χ1) is 11.0. The number of carbonyl (C=O) groups excluding carboxylic acids is 2. The summed E-state index contributed by atoms with van der Waals surface area (Å²) in [5.74, 6) is -0.144. The number of nitrogens with two attached hydrogens (primary N) is 1. The Kier molecular flexibility index (Phi) is 9.85. The third kappa shape index (κ3) is 9.67. The number of aliphatic hydroxyl groups is 1. The van der Waals surface area contributed by atoms with Gasteiger partial charge in [-0.2, -0.15) is 0 Å². The van der Waals surface area contributed by atoms with E-state index in [0.717, 1.165) is 13.0 Å². The zero-order chi connectivity index (χ0) is 18.9. The molecule has 24 heavy (non-hydrogen) atoms. The lowest BCUT2D eigenvalue weighted by Crippen LogP contribution is -2.43. The second-order valence-electron chi connectivity index (χ2n) is 7.20. The van der Waals surface area contributed by atoms with Gasteiger partial charge in [0.15, 0.2) is 0 Å². The molecule has 0 saturated carbocycles. The van der Waals surface area contributed by atoms with Crippen LogP contribution in [-0.2, 0) is 14.3 Å². The number of amides is 1. The molecule has 6 heteroatoms. The van der Waals surface area contributed by atoms with Gasteiger partial charge in [0.25, 0.3) is 0 Å². The van der Waals surface area contributed by atoms with E-state index in [1.54, 1.807) is 0 Å². The molecule has 0 spiro atoms. The Morgan fingerprint density at radius 3 is 2.38 bits per heavy atom. The molecule has 3 atom stereocenters. The summed E-state index contributed by atoms with van der Waals surface area (Å²) < 4.78 is 5.51. The average Bonchev–Trinajstić information content (AvgIpc) is 2.79. The Morgan fingerprint density at radius 2 is 1.96 bits per heavy atom. The van der Waals surface area contributed by atoms with Gasteiger partial charge in [-0.05, 0) is 46.5 Å². The van der Waals surface area contributed by atoms with E-state index >= 15 is 0 Å². The van der Waals surface area contributed by atoms with E-state index in [0.29, 0.717) is 18.9 Å². The molecular weight excluding hydrogens is 308 g/mol. The van der Waals surface area contributed by atoms with Gasteiger partial charge < -0.3 is 15.6 Å². The van der Waals surface area contributed by atoms with Crippen molar-refractivity contribution in [2.45, 2.75) is 72.1 Å². The summed E-state index contributed by atoms with van der Waals surface area (Å²) in [5.41, 5.74) is 4.00. The first-order valence-corrected chi connectivity index (χ1v) is 8.54. The normalized spacial score (nSPS) is 22.8.